The maximum Gasteiger partial charge on any atom is 0.416 e. The summed E-state index contributed by atoms with van der Waals surface area (Å²) in [6, 6.07) is 1.81. The Morgan fingerprint density at radius 1 is 0.925 bits per heavy atom. The van der Waals surface area contributed by atoms with Crippen molar-refractivity contribution in [2.24, 2.45) is 0 Å². The summed E-state index contributed by atoms with van der Waals surface area (Å²) in [7, 11) is 0. The molecule has 0 N–H and O–H groups in total. The molecule has 0 fully saturated rings. The van der Waals surface area contributed by atoms with Crippen molar-refractivity contribution < 1.29 is 53.8 Å². The van der Waals surface area contributed by atoms with Crippen molar-refractivity contribution in [2.75, 3.05) is 4.90 Å². The van der Waals surface area contributed by atoms with Crippen LogP contribution in [0.5, 0.6) is 0 Å². The molecule has 220 valence electrons. The van der Waals surface area contributed by atoms with Crippen molar-refractivity contribution in [3.63, 3.8) is 0 Å². The van der Waals surface area contributed by atoms with Gasteiger partial charge in [-0.25, -0.2) is 0 Å². The number of halogens is 9. The minimum atomic E-state index is -5.13. The van der Waals surface area contributed by atoms with E-state index in [9.17, 15) is 49.1 Å². The molecule has 1 heterocycles. The van der Waals surface area contributed by atoms with Crippen LogP contribution in [0.15, 0.2) is 36.4 Å². The number of carbonyl (C=O) groups excluding carboxylic acids is 2. The van der Waals surface area contributed by atoms with Crippen LogP contribution in [0.3, 0.4) is 0 Å². The molecule has 2 aromatic carbocycles. The van der Waals surface area contributed by atoms with E-state index in [1.54, 1.807) is 6.92 Å². The van der Waals surface area contributed by atoms with Crippen molar-refractivity contribution >= 4 is 18.1 Å². The molecule has 1 amide bonds. The Kier molecular flexibility index (Phi) is 8.17. The number of hydrogen-bond acceptors (Lipinski definition) is 4. The molecule has 2 unspecified atom stereocenters. The quantitative estimate of drug-likeness (QED) is 0.264. The van der Waals surface area contributed by atoms with Crippen LogP contribution in [-0.4, -0.2) is 29.0 Å². The number of hydrogen-bond donors (Lipinski definition) is 0. The summed E-state index contributed by atoms with van der Waals surface area (Å²) < 4.78 is 127. The molecule has 0 saturated carbocycles. The highest BCUT2D eigenvalue weighted by molar-refractivity contribution is 5.75. The molecular formula is C26H25F9N2O3. The number of amides is 1. The molecule has 14 heteroatoms. The third-order valence-corrected chi connectivity index (χ3v) is 6.68. The molecule has 0 bridgehead atoms. The highest BCUT2D eigenvalue weighted by Gasteiger charge is 2.44. The van der Waals surface area contributed by atoms with E-state index in [1.807, 2.05) is 0 Å². The lowest BCUT2D eigenvalue weighted by Crippen LogP contribution is -2.55. The molecular weight excluding hydrogens is 559 g/mol. The molecule has 5 nitrogen and oxygen atoms in total. The van der Waals surface area contributed by atoms with Gasteiger partial charge in [0, 0.05) is 25.2 Å². The average molecular weight is 584 g/mol. The summed E-state index contributed by atoms with van der Waals surface area (Å²) >= 11 is 0. The molecule has 0 aliphatic carbocycles. The lowest BCUT2D eigenvalue weighted by Gasteiger charge is -2.50. The minimum Gasteiger partial charge on any atom is -0.442 e. The SMILES string of the molecule is CC(=O)N(Cc1cc(C(F)(F)F)cc(C(F)(F)F)c1)C1CC(C)N(C(C)(C)OC=O)c2ccc(C(F)(F)F)cc21. The number of carbonyl (C=O) groups is 2. The zero-order chi connectivity index (χ0) is 30.4. The number of fused-ring (bicyclic) bond motifs is 1. The number of ether oxygens (including phenoxy) is 1. The highest BCUT2D eigenvalue weighted by Crippen LogP contribution is 2.46. The Bertz CT molecular complexity index is 1240. The lowest BCUT2D eigenvalue weighted by molar-refractivity contribution is -0.143. The summed E-state index contributed by atoms with van der Waals surface area (Å²) in [4.78, 5) is 26.3. The Hall–Kier alpha value is -3.45. The molecule has 0 radical (unpaired) electrons. The van der Waals surface area contributed by atoms with Crippen LogP contribution < -0.4 is 4.90 Å². The second-order valence-electron chi connectivity index (χ2n) is 9.96. The fourth-order valence-corrected chi connectivity index (χ4v) is 5.05. The zero-order valence-corrected chi connectivity index (χ0v) is 21.6. The molecule has 2 atom stereocenters. The Balaban J connectivity index is 2.20. The minimum absolute atomic E-state index is 0.0534. The van der Waals surface area contributed by atoms with E-state index >= 15 is 0 Å². The van der Waals surface area contributed by atoms with Crippen molar-refractivity contribution in [3.05, 3.63) is 64.2 Å². The molecule has 40 heavy (non-hydrogen) atoms. The van der Waals surface area contributed by atoms with E-state index in [2.05, 4.69) is 0 Å². The van der Waals surface area contributed by atoms with Crippen LogP contribution in [0.2, 0.25) is 0 Å². The second kappa shape index (κ2) is 10.5. The smallest absolute Gasteiger partial charge is 0.416 e. The van der Waals surface area contributed by atoms with Gasteiger partial charge in [0.05, 0.1) is 22.7 Å². The predicted molar refractivity (Wildman–Crippen MR) is 125 cm³/mol. The number of anilines is 1. The van der Waals surface area contributed by atoms with E-state index in [1.165, 1.54) is 18.7 Å². The maximum absolute atomic E-state index is 13.7. The van der Waals surface area contributed by atoms with Crippen LogP contribution in [0.4, 0.5) is 45.2 Å². The van der Waals surface area contributed by atoms with Crippen molar-refractivity contribution in [3.8, 4) is 0 Å². The highest BCUT2D eigenvalue weighted by atomic mass is 19.4. The third kappa shape index (κ3) is 6.47. The first-order valence-corrected chi connectivity index (χ1v) is 11.8. The number of nitrogens with zero attached hydrogens (tertiary/aromatic N) is 2. The van der Waals surface area contributed by atoms with Gasteiger partial charge in [-0.3, -0.25) is 9.59 Å². The third-order valence-electron chi connectivity index (χ3n) is 6.68. The number of benzene rings is 2. The van der Waals surface area contributed by atoms with E-state index in [0.29, 0.717) is 12.1 Å². The number of rotatable bonds is 6. The topological polar surface area (TPSA) is 49.9 Å². The van der Waals surface area contributed by atoms with E-state index in [0.717, 1.165) is 30.0 Å². The fourth-order valence-electron chi connectivity index (χ4n) is 5.05. The normalized spacial score (nSPS) is 18.3. The fraction of sp³-hybridized carbons (Fsp3) is 0.462. The molecule has 3 rings (SSSR count). The van der Waals surface area contributed by atoms with Gasteiger partial charge in [0.25, 0.3) is 6.47 Å². The van der Waals surface area contributed by atoms with E-state index in [-0.39, 0.29) is 30.2 Å². The maximum atomic E-state index is 13.7. The van der Waals surface area contributed by atoms with E-state index in [4.69, 9.17) is 4.74 Å². The van der Waals surface area contributed by atoms with Gasteiger partial charge in [-0.2, -0.15) is 39.5 Å². The molecule has 1 aliphatic rings. The predicted octanol–water partition coefficient (Wildman–Crippen LogP) is 7.34. The molecule has 0 spiro atoms. The van der Waals surface area contributed by atoms with E-state index < -0.39 is 71.0 Å². The monoisotopic (exact) mass is 584 g/mol. The molecule has 0 aromatic heterocycles. The zero-order valence-electron chi connectivity index (χ0n) is 21.6. The van der Waals surface area contributed by atoms with Gasteiger partial charge in [0.15, 0.2) is 5.72 Å². The first-order valence-electron chi connectivity index (χ1n) is 11.8. The average Bonchev–Trinajstić information content (AvgIpc) is 2.79. The standard InChI is InChI=1S/C26H25F9N2O3/c1-14-7-22(20-11-17(24(27,28)29)5-6-21(20)37(14)23(3,4)40-13-38)36(15(2)39)12-16-8-18(25(30,31)32)10-19(9-16)26(33,34)35/h5-6,8-11,13-14,22H,7,12H2,1-4H3. The molecule has 0 saturated heterocycles. The van der Waals surface area contributed by atoms with Crippen LogP contribution in [0, 0.1) is 0 Å². The van der Waals surface area contributed by atoms with Crippen LogP contribution in [-0.2, 0) is 39.4 Å². The summed E-state index contributed by atoms with van der Waals surface area (Å²) in [5.74, 6) is -0.789. The van der Waals surface area contributed by atoms with Crippen molar-refractivity contribution in [1.82, 2.24) is 4.90 Å². The molecule has 2 aromatic rings. The summed E-state index contributed by atoms with van der Waals surface area (Å²) in [6.07, 6.45) is -15.1. The van der Waals surface area contributed by atoms with Gasteiger partial charge in [0.1, 0.15) is 0 Å². The summed E-state index contributed by atoms with van der Waals surface area (Å²) in [6.45, 7) is 5.04. The van der Waals surface area contributed by atoms with Crippen molar-refractivity contribution in [1.29, 1.82) is 0 Å². The van der Waals surface area contributed by atoms with Gasteiger partial charge in [-0.05, 0) is 74.7 Å². The second-order valence-corrected chi connectivity index (χ2v) is 9.96. The Morgan fingerprint density at radius 3 is 1.90 bits per heavy atom. The number of alkyl halides is 9. The lowest BCUT2D eigenvalue weighted by atomic mass is 9.87. The Labute approximate surface area is 223 Å². The van der Waals surface area contributed by atoms with Gasteiger partial charge in [-0.1, -0.05) is 0 Å². The van der Waals surface area contributed by atoms with Crippen LogP contribution >= 0.6 is 0 Å². The van der Waals surface area contributed by atoms with Gasteiger partial charge >= 0.3 is 18.5 Å². The molecule has 1 aliphatic heterocycles. The largest absolute Gasteiger partial charge is 0.442 e. The summed E-state index contributed by atoms with van der Waals surface area (Å²) in [5, 5.41) is 0. The van der Waals surface area contributed by atoms with Gasteiger partial charge < -0.3 is 14.5 Å². The van der Waals surface area contributed by atoms with Crippen LogP contribution in [0.1, 0.15) is 68.0 Å². The Morgan fingerprint density at radius 2 is 1.45 bits per heavy atom. The first-order chi connectivity index (χ1) is 18.2. The van der Waals surface area contributed by atoms with Gasteiger partial charge in [-0.15, -0.1) is 0 Å². The van der Waals surface area contributed by atoms with Gasteiger partial charge in [0.2, 0.25) is 5.91 Å². The first kappa shape index (κ1) is 31.1. The summed E-state index contributed by atoms with van der Waals surface area (Å²) in [5.41, 5.74) is -6.03. The van der Waals surface area contributed by atoms with Crippen molar-refractivity contribution in [2.45, 2.75) is 77.0 Å². The van der Waals surface area contributed by atoms with Crippen LogP contribution in [0.25, 0.3) is 0 Å².